The van der Waals surface area contributed by atoms with E-state index in [9.17, 15) is 4.79 Å². The average molecular weight is 366 g/mol. The lowest BCUT2D eigenvalue weighted by molar-refractivity contribution is -0.0607. The Balaban J connectivity index is 1.88. The van der Waals surface area contributed by atoms with Crippen molar-refractivity contribution in [2.45, 2.75) is 18.8 Å². The second-order valence-electron chi connectivity index (χ2n) is 5.36. The van der Waals surface area contributed by atoms with Crippen LogP contribution < -0.4 is 0 Å². The molecule has 2 heterocycles. The molecule has 1 fully saturated rings. The summed E-state index contributed by atoms with van der Waals surface area (Å²) in [6.07, 6.45) is 1.93. The molecule has 1 aromatic carbocycles. The lowest BCUT2D eigenvalue weighted by Gasteiger charge is -2.41. The molecule has 3 rings (SSSR count). The number of benzene rings is 1. The van der Waals surface area contributed by atoms with Gasteiger partial charge in [0.2, 0.25) is 0 Å². The minimum Gasteiger partial charge on any atom is -0.462 e. The molecule has 6 heteroatoms. The third-order valence-electron chi connectivity index (χ3n) is 3.84. The van der Waals surface area contributed by atoms with Crippen LogP contribution in [0.3, 0.4) is 0 Å². The van der Waals surface area contributed by atoms with E-state index in [4.69, 9.17) is 14.0 Å². The van der Waals surface area contributed by atoms with Gasteiger partial charge in [-0.1, -0.05) is 33.2 Å². The Bertz CT molecular complexity index is 678. The summed E-state index contributed by atoms with van der Waals surface area (Å²) >= 11 is 3.49. The van der Waals surface area contributed by atoms with E-state index in [1.54, 1.807) is 6.92 Å². The zero-order valence-electron chi connectivity index (χ0n) is 12.2. The Morgan fingerprint density at radius 2 is 2.27 bits per heavy atom. The fourth-order valence-corrected chi connectivity index (χ4v) is 3.02. The Hall–Kier alpha value is -1.66. The number of rotatable bonds is 5. The second kappa shape index (κ2) is 6.22. The van der Waals surface area contributed by atoms with Gasteiger partial charge < -0.3 is 14.0 Å². The maximum atomic E-state index is 11.9. The van der Waals surface area contributed by atoms with Crippen molar-refractivity contribution in [2.24, 2.45) is 0 Å². The van der Waals surface area contributed by atoms with Gasteiger partial charge in [0, 0.05) is 16.3 Å². The SMILES string of the molecule is CCOC(=O)c1conc1CC1(c2cccc(Br)c2)COC1. The summed E-state index contributed by atoms with van der Waals surface area (Å²) in [5.41, 5.74) is 1.98. The third kappa shape index (κ3) is 2.80. The molecule has 5 nitrogen and oxygen atoms in total. The van der Waals surface area contributed by atoms with Gasteiger partial charge in [-0.25, -0.2) is 4.79 Å². The second-order valence-corrected chi connectivity index (χ2v) is 6.27. The van der Waals surface area contributed by atoms with Crippen LogP contribution in [0, 0.1) is 0 Å². The van der Waals surface area contributed by atoms with E-state index in [1.165, 1.54) is 6.26 Å². The summed E-state index contributed by atoms with van der Waals surface area (Å²) in [7, 11) is 0. The summed E-state index contributed by atoms with van der Waals surface area (Å²) in [6, 6.07) is 8.12. The number of esters is 1. The molecule has 1 aliphatic heterocycles. The molecular formula is C16H16BrNO4. The molecule has 0 unspecified atom stereocenters. The number of nitrogens with zero attached hydrogens (tertiary/aromatic N) is 1. The van der Waals surface area contributed by atoms with Gasteiger partial charge in [0.1, 0.15) is 11.8 Å². The summed E-state index contributed by atoms with van der Waals surface area (Å²) in [5.74, 6) is -0.400. The van der Waals surface area contributed by atoms with Crippen molar-refractivity contribution < 1.29 is 18.8 Å². The highest BCUT2D eigenvalue weighted by Crippen LogP contribution is 2.37. The van der Waals surface area contributed by atoms with Crippen LogP contribution in [0.15, 0.2) is 39.5 Å². The van der Waals surface area contributed by atoms with Crippen LogP contribution >= 0.6 is 15.9 Å². The molecule has 0 aliphatic carbocycles. The maximum Gasteiger partial charge on any atom is 0.343 e. The van der Waals surface area contributed by atoms with Crippen molar-refractivity contribution in [3.05, 3.63) is 51.8 Å². The molecular weight excluding hydrogens is 350 g/mol. The van der Waals surface area contributed by atoms with Gasteiger partial charge in [-0.05, 0) is 24.6 Å². The normalized spacial score (nSPS) is 16.1. The molecule has 0 atom stereocenters. The van der Waals surface area contributed by atoms with Crippen LogP contribution in [0.5, 0.6) is 0 Å². The average Bonchev–Trinajstić information content (AvgIpc) is 2.91. The van der Waals surface area contributed by atoms with Crippen LogP contribution in [0.25, 0.3) is 0 Å². The summed E-state index contributed by atoms with van der Waals surface area (Å²) in [4.78, 5) is 11.9. The van der Waals surface area contributed by atoms with E-state index in [1.807, 2.05) is 12.1 Å². The lowest BCUT2D eigenvalue weighted by atomic mass is 9.74. The molecule has 0 bridgehead atoms. The first-order valence-corrected chi connectivity index (χ1v) is 7.88. The quantitative estimate of drug-likeness (QED) is 0.761. The molecule has 1 aliphatic rings. The molecule has 0 saturated carbocycles. The van der Waals surface area contributed by atoms with Crippen molar-refractivity contribution >= 4 is 21.9 Å². The van der Waals surface area contributed by atoms with Crippen molar-refractivity contribution in [3.63, 3.8) is 0 Å². The van der Waals surface area contributed by atoms with Crippen LogP contribution in [-0.4, -0.2) is 30.9 Å². The predicted octanol–water partition coefficient (Wildman–Crippen LogP) is 3.12. The van der Waals surface area contributed by atoms with Gasteiger partial charge in [-0.2, -0.15) is 0 Å². The third-order valence-corrected chi connectivity index (χ3v) is 4.33. The fourth-order valence-electron chi connectivity index (χ4n) is 2.62. The largest absolute Gasteiger partial charge is 0.462 e. The minimum absolute atomic E-state index is 0.179. The Morgan fingerprint density at radius 3 is 2.91 bits per heavy atom. The fraction of sp³-hybridized carbons (Fsp3) is 0.375. The highest BCUT2D eigenvalue weighted by Gasteiger charge is 2.42. The smallest absolute Gasteiger partial charge is 0.343 e. The summed E-state index contributed by atoms with van der Waals surface area (Å²) in [6.45, 7) is 3.29. The van der Waals surface area contributed by atoms with Gasteiger partial charge >= 0.3 is 5.97 Å². The monoisotopic (exact) mass is 365 g/mol. The molecule has 1 saturated heterocycles. The first-order valence-electron chi connectivity index (χ1n) is 7.09. The van der Waals surface area contributed by atoms with Gasteiger partial charge in [0.25, 0.3) is 0 Å². The van der Waals surface area contributed by atoms with E-state index >= 15 is 0 Å². The topological polar surface area (TPSA) is 61.6 Å². The van der Waals surface area contributed by atoms with Crippen molar-refractivity contribution in [3.8, 4) is 0 Å². The zero-order valence-corrected chi connectivity index (χ0v) is 13.8. The molecule has 0 spiro atoms. The number of halogens is 1. The van der Waals surface area contributed by atoms with E-state index in [-0.39, 0.29) is 5.41 Å². The van der Waals surface area contributed by atoms with Crippen molar-refractivity contribution in [1.82, 2.24) is 5.16 Å². The summed E-state index contributed by atoms with van der Waals surface area (Å²) in [5, 5.41) is 3.99. The first-order chi connectivity index (χ1) is 10.6. The molecule has 0 radical (unpaired) electrons. The molecule has 2 aromatic rings. The number of carbonyl (C=O) groups is 1. The number of aromatic nitrogens is 1. The Kier molecular flexibility index (Phi) is 4.31. The maximum absolute atomic E-state index is 11.9. The number of hydrogen-bond donors (Lipinski definition) is 0. The Labute approximate surface area is 136 Å². The van der Waals surface area contributed by atoms with Crippen LogP contribution in [0.1, 0.15) is 28.5 Å². The van der Waals surface area contributed by atoms with Crippen LogP contribution in [0.2, 0.25) is 0 Å². The van der Waals surface area contributed by atoms with Gasteiger partial charge in [-0.15, -0.1) is 0 Å². The lowest BCUT2D eigenvalue weighted by Crippen LogP contribution is -2.48. The van der Waals surface area contributed by atoms with Crippen molar-refractivity contribution in [2.75, 3.05) is 19.8 Å². The highest BCUT2D eigenvalue weighted by atomic mass is 79.9. The van der Waals surface area contributed by atoms with Crippen molar-refractivity contribution in [1.29, 1.82) is 0 Å². The van der Waals surface area contributed by atoms with Gasteiger partial charge in [-0.3, -0.25) is 0 Å². The Morgan fingerprint density at radius 1 is 1.45 bits per heavy atom. The molecule has 116 valence electrons. The van der Waals surface area contributed by atoms with Gasteiger partial charge in [0.05, 0.1) is 25.5 Å². The van der Waals surface area contributed by atoms with Gasteiger partial charge in [0.15, 0.2) is 0 Å². The van der Waals surface area contributed by atoms with Crippen LogP contribution in [-0.2, 0) is 21.3 Å². The first kappa shape index (κ1) is 15.2. The van der Waals surface area contributed by atoms with E-state index in [0.717, 1.165) is 10.0 Å². The molecule has 0 amide bonds. The molecule has 22 heavy (non-hydrogen) atoms. The highest BCUT2D eigenvalue weighted by molar-refractivity contribution is 9.10. The van der Waals surface area contributed by atoms with E-state index in [0.29, 0.717) is 37.5 Å². The van der Waals surface area contributed by atoms with Crippen LogP contribution in [0.4, 0.5) is 0 Å². The summed E-state index contributed by atoms with van der Waals surface area (Å²) < 4.78 is 16.5. The van der Waals surface area contributed by atoms with E-state index < -0.39 is 5.97 Å². The number of carbonyl (C=O) groups excluding carboxylic acids is 1. The van der Waals surface area contributed by atoms with E-state index in [2.05, 4.69) is 33.2 Å². The molecule has 0 N–H and O–H groups in total. The number of ether oxygens (including phenoxy) is 2. The standard InChI is InChI=1S/C16H16BrNO4/c1-2-21-15(19)13-8-22-18-14(13)7-16(9-20-10-16)11-4-3-5-12(17)6-11/h3-6,8H,2,7,9-10H2,1H3. The predicted molar refractivity (Wildman–Crippen MR) is 82.8 cm³/mol. The number of hydrogen-bond acceptors (Lipinski definition) is 5. The zero-order chi connectivity index (χ0) is 15.6. The minimum atomic E-state index is -0.400. The molecule has 1 aromatic heterocycles.